The minimum absolute atomic E-state index is 1.10. The summed E-state index contributed by atoms with van der Waals surface area (Å²) in [7, 11) is 0. The van der Waals surface area contributed by atoms with Crippen molar-refractivity contribution in [1.29, 1.82) is 0 Å². The first-order chi connectivity index (χ1) is 27.8. The first kappa shape index (κ1) is 31.0. The minimum atomic E-state index is 1.10. The van der Waals surface area contributed by atoms with Gasteiger partial charge in [-0.15, -0.1) is 0 Å². The average molecular weight is 711 g/mol. The topological polar surface area (TPSA) is 8.17 Å². The van der Waals surface area contributed by atoms with E-state index in [1.807, 2.05) is 0 Å². The largest absolute Gasteiger partial charge is 0.310 e. The van der Waals surface area contributed by atoms with E-state index in [0.717, 1.165) is 22.7 Å². The summed E-state index contributed by atoms with van der Waals surface area (Å²) in [5.74, 6) is 0. The molecule has 0 aliphatic heterocycles. The highest BCUT2D eigenvalue weighted by Gasteiger charge is 2.31. The second-order valence-corrected chi connectivity index (χ2v) is 14.9. The van der Waals surface area contributed by atoms with Gasteiger partial charge in [0, 0.05) is 33.5 Å². The second-order valence-electron chi connectivity index (χ2n) is 14.9. The summed E-state index contributed by atoms with van der Waals surface area (Å²) >= 11 is 0. The first-order valence-corrected chi connectivity index (χ1v) is 19.4. The Hall–Kier alpha value is -7.42. The van der Waals surface area contributed by atoms with Crippen molar-refractivity contribution in [3.63, 3.8) is 0 Å². The van der Waals surface area contributed by atoms with Gasteiger partial charge in [-0.3, -0.25) is 0 Å². The summed E-state index contributed by atoms with van der Waals surface area (Å²) in [6.07, 6.45) is 0. The van der Waals surface area contributed by atoms with Crippen molar-refractivity contribution in [3.05, 3.63) is 206 Å². The molecule has 12 rings (SSSR count). The Labute approximate surface area is 325 Å². The van der Waals surface area contributed by atoms with Gasteiger partial charge in [-0.05, 0) is 121 Å². The van der Waals surface area contributed by atoms with Crippen LogP contribution in [0.1, 0.15) is 0 Å². The van der Waals surface area contributed by atoms with Crippen molar-refractivity contribution in [2.75, 3.05) is 4.90 Å². The van der Waals surface area contributed by atoms with Crippen LogP contribution in [0.4, 0.5) is 17.1 Å². The van der Waals surface area contributed by atoms with Gasteiger partial charge in [0.2, 0.25) is 0 Å². The number of nitrogens with zero attached hydrogens (tertiary/aromatic N) is 2. The lowest BCUT2D eigenvalue weighted by Crippen LogP contribution is -2.10. The molecule has 0 spiro atoms. The highest BCUT2D eigenvalue weighted by atomic mass is 15.1. The summed E-state index contributed by atoms with van der Waals surface area (Å²) < 4.78 is 2.40. The predicted molar refractivity (Wildman–Crippen MR) is 235 cm³/mol. The van der Waals surface area contributed by atoms with Crippen molar-refractivity contribution in [1.82, 2.24) is 4.57 Å². The molecule has 0 radical (unpaired) electrons. The molecular formula is C54H34N2. The number of aromatic nitrogens is 1. The second kappa shape index (κ2) is 12.0. The molecule has 0 amide bonds. The Morgan fingerprint density at radius 1 is 0.286 bits per heavy atom. The fourth-order valence-electron chi connectivity index (χ4n) is 9.47. The van der Waals surface area contributed by atoms with E-state index >= 15 is 0 Å². The Kier molecular flexibility index (Phi) is 6.66. The molecule has 1 heterocycles. The number of benzene rings is 9. The van der Waals surface area contributed by atoms with E-state index in [1.165, 1.54) is 88.6 Å². The van der Waals surface area contributed by atoms with E-state index in [0.29, 0.717) is 0 Å². The molecule has 6 bridgehead atoms. The van der Waals surface area contributed by atoms with E-state index in [1.54, 1.807) is 0 Å². The Balaban J connectivity index is 1.12. The van der Waals surface area contributed by atoms with Gasteiger partial charge in [-0.25, -0.2) is 0 Å². The molecule has 1 aromatic heterocycles. The maximum atomic E-state index is 2.44. The van der Waals surface area contributed by atoms with E-state index in [9.17, 15) is 0 Å². The van der Waals surface area contributed by atoms with Gasteiger partial charge in [0.05, 0.1) is 11.0 Å². The molecular weight excluding hydrogens is 677 g/mol. The zero-order valence-corrected chi connectivity index (χ0v) is 30.5. The van der Waals surface area contributed by atoms with Crippen molar-refractivity contribution < 1.29 is 0 Å². The number of hydrogen-bond acceptors (Lipinski definition) is 1. The maximum absolute atomic E-state index is 2.44. The fourth-order valence-corrected chi connectivity index (χ4v) is 9.47. The third-order valence-electron chi connectivity index (χ3n) is 11.9. The normalized spacial score (nSPS) is 11.9. The standard InChI is InChI=1S/C54H34N2/c1-3-13-35(14-4-1)36-25-27-38(28-26-36)55(40-30-32-44-43-18-9-10-24-51(43)56(52(44)34-40)37-15-5-2-6-16-37)39-29-31-42-47-21-12-22-48-49-23-11-20-46(54(49)50(42)33-39)41-17-7-8-19-45(41)53(47)48/h1-34H. The van der Waals surface area contributed by atoms with E-state index in [4.69, 9.17) is 0 Å². The zero-order chi connectivity index (χ0) is 36.7. The average Bonchev–Trinajstić information content (AvgIpc) is 3.54. The van der Waals surface area contributed by atoms with Crippen LogP contribution >= 0.6 is 0 Å². The predicted octanol–water partition coefficient (Wildman–Crippen LogP) is 14.9. The van der Waals surface area contributed by atoms with E-state index in [2.05, 4.69) is 216 Å². The Morgan fingerprint density at radius 2 is 0.786 bits per heavy atom. The van der Waals surface area contributed by atoms with Crippen molar-refractivity contribution in [2.45, 2.75) is 0 Å². The third-order valence-corrected chi connectivity index (χ3v) is 11.9. The SMILES string of the molecule is c1ccc(-c2ccc(N(c3ccc4c(c3)-c3c5cccc3-c3cccc-4c3-c3ccccc3-5)c3ccc4c5ccccc5n(-c5ccccc5)c4c3)cc2)cc1. The van der Waals surface area contributed by atoms with Crippen LogP contribution in [0, 0.1) is 0 Å². The van der Waals surface area contributed by atoms with E-state index < -0.39 is 0 Å². The van der Waals surface area contributed by atoms with Crippen LogP contribution in [0.2, 0.25) is 0 Å². The first-order valence-electron chi connectivity index (χ1n) is 19.4. The molecule has 0 saturated carbocycles. The molecule has 0 unspecified atom stereocenters. The highest BCUT2D eigenvalue weighted by Crippen LogP contribution is 2.57. The van der Waals surface area contributed by atoms with Gasteiger partial charge in [-0.2, -0.15) is 0 Å². The van der Waals surface area contributed by atoms with Crippen LogP contribution in [0.15, 0.2) is 206 Å². The molecule has 10 aromatic rings. The smallest absolute Gasteiger partial charge is 0.0561 e. The van der Waals surface area contributed by atoms with Crippen LogP contribution in [0.3, 0.4) is 0 Å². The molecule has 260 valence electrons. The zero-order valence-electron chi connectivity index (χ0n) is 30.5. The van der Waals surface area contributed by atoms with Crippen molar-refractivity contribution in [2.24, 2.45) is 0 Å². The summed E-state index contributed by atoms with van der Waals surface area (Å²) in [5, 5.41) is 2.49. The number of para-hydroxylation sites is 2. The van der Waals surface area contributed by atoms with Crippen molar-refractivity contribution in [3.8, 4) is 72.4 Å². The summed E-state index contributed by atoms with van der Waals surface area (Å²) in [6.45, 7) is 0. The highest BCUT2D eigenvalue weighted by molar-refractivity contribution is 6.15. The molecule has 0 N–H and O–H groups in total. The van der Waals surface area contributed by atoms with Gasteiger partial charge in [0.1, 0.15) is 0 Å². The van der Waals surface area contributed by atoms with Crippen LogP contribution in [0.25, 0.3) is 94.3 Å². The summed E-state index contributed by atoms with van der Waals surface area (Å²) in [6, 6.07) is 75.9. The fraction of sp³-hybridized carbons (Fsp3) is 0. The summed E-state index contributed by atoms with van der Waals surface area (Å²) in [5.41, 5.74) is 22.2. The molecule has 0 fully saturated rings. The molecule has 0 saturated heterocycles. The van der Waals surface area contributed by atoms with Crippen LogP contribution in [-0.2, 0) is 0 Å². The molecule has 2 aliphatic rings. The van der Waals surface area contributed by atoms with Gasteiger partial charge < -0.3 is 9.47 Å². The molecule has 2 heteroatoms. The third kappa shape index (κ3) is 4.50. The van der Waals surface area contributed by atoms with Gasteiger partial charge in [0.25, 0.3) is 0 Å². The minimum Gasteiger partial charge on any atom is -0.310 e. The van der Waals surface area contributed by atoms with Crippen molar-refractivity contribution >= 4 is 38.9 Å². The molecule has 2 nitrogen and oxygen atoms in total. The van der Waals surface area contributed by atoms with Crippen LogP contribution in [0.5, 0.6) is 0 Å². The lowest BCUT2D eigenvalue weighted by Gasteiger charge is -2.28. The number of rotatable bonds is 5. The monoisotopic (exact) mass is 710 g/mol. The maximum Gasteiger partial charge on any atom is 0.0561 e. The number of fused-ring (bicyclic) bond motifs is 7. The number of anilines is 3. The lowest BCUT2D eigenvalue weighted by atomic mass is 9.83. The summed E-state index contributed by atoms with van der Waals surface area (Å²) in [4.78, 5) is 2.44. The van der Waals surface area contributed by atoms with Crippen LogP contribution in [-0.4, -0.2) is 4.57 Å². The van der Waals surface area contributed by atoms with E-state index in [-0.39, 0.29) is 0 Å². The quantitative estimate of drug-likeness (QED) is 0.173. The van der Waals surface area contributed by atoms with Gasteiger partial charge >= 0.3 is 0 Å². The Bertz CT molecular complexity index is 3150. The molecule has 56 heavy (non-hydrogen) atoms. The Morgan fingerprint density at radius 3 is 1.54 bits per heavy atom. The molecule has 0 atom stereocenters. The molecule has 9 aromatic carbocycles. The number of hydrogen-bond donors (Lipinski definition) is 0. The van der Waals surface area contributed by atoms with Crippen LogP contribution < -0.4 is 4.90 Å². The lowest BCUT2D eigenvalue weighted by molar-refractivity contribution is 1.18. The van der Waals surface area contributed by atoms with Gasteiger partial charge in [0.15, 0.2) is 0 Å². The molecule has 2 aliphatic carbocycles. The van der Waals surface area contributed by atoms with Gasteiger partial charge in [-0.1, -0.05) is 152 Å².